The lowest BCUT2D eigenvalue weighted by atomic mass is 10.1. The minimum Gasteiger partial charge on any atom is -0.322 e. The first-order chi connectivity index (χ1) is 12.9. The molecule has 0 saturated heterocycles. The largest absolute Gasteiger partial charge is 0.322 e. The molecule has 0 atom stereocenters. The molecule has 3 aromatic rings. The fourth-order valence-corrected chi connectivity index (χ4v) is 2.56. The van der Waals surface area contributed by atoms with E-state index >= 15 is 0 Å². The van der Waals surface area contributed by atoms with E-state index in [0.29, 0.717) is 16.8 Å². The van der Waals surface area contributed by atoms with Crippen LogP contribution in [0.4, 0.5) is 15.8 Å². The fraction of sp³-hybridized carbons (Fsp3) is 0.0909. The molecule has 0 bridgehead atoms. The highest BCUT2D eigenvalue weighted by atomic mass is 19.1. The number of rotatable bonds is 4. The molecule has 136 valence electrons. The number of aryl methyl sites for hydroxylation is 2. The van der Waals surface area contributed by atoms with Gasteiger partial charge in [-0.2, -0.15) is 0 Å². The number of carbonyl (C=O) groups excluding carboxylic acids is 2. The average Bonchev–Trinajstić information content (AvgIpc) is 2.65. The molecule has 0 aliphatic rings. The first-order valence-corrected chi connectivity index (χ1v) is 8.48. The van der Waals surface area contributed by atoms with Crippen LogP contribution in [0.15, 0.2) is 66.7 Å². The Morgan fingerprint density at radius 3 is 1.78 bits per heavy atom. The molecule has 0 fully saturated rings. The normalized spacial score (nSPS) is 10.3. The summed E-state index contributed by atoms with van der Waals surface area (Å²) in [6.07, 6.45) is 0. The Balaban J connectivity index is 1.67. The van der Waals surface area contributed by atoms with Crippen molar-refractivity contribution < 1.29 is 14.0 Å². The number of carbonyl (C=O) groups is 2. The molecule has 0 heterocycles. The van der Waals surface area contributed by atoms with Crippen molar-refractivity contribution in [3.8, 4) is 0 Å². The molecule has 3 rings (SSSR count). The summed E-state index contributed by atoms with van der Waals surface area (Å²) in [4.78, 5) is 24.6. The van der Waals surface area contributed by atoms with Gasteiger partial charge in [0.25, 0.3) is 11.8 Å². The first kappa shape index (κ1) is 18.3. The van der Waals surface area contributed by atoms with Crippen LogP contribution in [0, 0.1) is 19.7 Å². The van der Waals surface area contributed by atoms with E-state index in [-0.39, 0.29) is 11.8 Å². The number of anilines is 2. The van der Waals surface area contributed by atoms with Crippen molar-refractivity contribution in [2.45, 2.75) is 13.8 Å². The van der Waals surface area contributed by atoms with Gasteiger partial charge in [0.2, 0.25) is 0 Å². The maximum Gasteiger partial charge on any atom is 0.255 e. The number of hydrogen-bond acceptors (Lipinski definition) is 2. The molecule has 4 nitrogen and oxygen atoms in total. The predicted molar refractivity (Wildman–Crippen MR) is 105 cm³/mol. The molecule has 0 spiro atoms. The van der Waals surface area contributed by atoms with E-state index in [1.165, 1.54) is 18.2 Å². The number of hydrogen-bond donors (Lipinski definition) is 2. The van der Waals surface area contributed by atoms with Gasteiger partial charge >= 0.3 is 0 Å². The van der Waals surface area contributed by atoms with Gasteiger partial charge in [-0.05, 0) is 79.6 Å². The third kappa shape index (κ3) is 4.58. The lowest BCUT2D eigenvalue weighted by Crippen LogP contribution is -2.14. The van der Waals surface area contributed by atoms with Crippen molar-refractivity contribution >= 4 is 23.2 Å². The molecule has 0 radical (unpaired) electrons. The number of amides is 2. The third-order valence-electron chi connectivity index (χ3n) is 4.26. The van der Waals surface area contributed by atoms with Crippen LogP contribution in [-0.2, 0) is 0 Å². The van der Waals surface area contributed by atoms with Crippen LogP contribution < -0.4 is 10.6 Å². The number of benzene rings is 3. The summed E-state index contributed by atoms with van der Waals surface area (Å²) in [5, 5.41) is 5.46. The molecule has 0 aromatic heterocycles. The lowest BCUT2D eigenvalue weighted by Gasteiger charge is -2.09. The summed E-state index contributed by atoms with van der Waals surface area (Å²) < 4.78 is 13.2. The van der Waals surface area contributed by atoms with Gasteiger partial charge in [0.05, 0.1) is 0 Å². The van der Waals surface area contributed by atoms with Crippen LogP contribution in [0.5, 0.6) is 0 Å². The molecule has 0 aliphatic carbocycles. The SMILES string of the molecule is Cc1ccc(NC(=O)c2ccc(C(=O)Nc3cccc(F)c3)cc2)cc1C. The predicted octanol–water partition coefficient (Wildman–Crippen LogP) is 4.95. The number of nitrogens with one attached hydrogen (secondary N) is 2. The summed E-state index contributed by atoms with van der Waals surface area (Å²) in [5.74, 6) is -1.05. The molecular formula is C22H19FN2O2. The van der Waals surface area contributed by atoms with Crippen LogP contribution in [0.3, 0.4) is 0 Å². The maximum absolute atomic E-state index is 13.2. The first-order valence-electron chi connectivity index (χ1n) is 8.48. The van der Waals surface area contributed by atoms with Crippen LogP contribution in [-0.4, -0.2) is 11.8 Å². The van der Waals surface area contributed by atoms with Crippen molar-refractivity contribution in [1.82, 2.24) is 0 Å². The van der Waals surface area contributed by atoms with Gasteiger partial charge < -0.3 is 10.6 Å². The van der Waals surface area contributed by atoms with E-state index in [4.69, 9.17) is 0 Å². The minimum atomic E-state index is -0.425. The summed E-state index contributed by atoms with van der Waals surface area (Å²) in [6, 6.07) is 17.7. The molecule has 0 aliphatic heterocycles. The van der Waals surface area contributed by atoms with Crippen molar-refractivity contribution in [2.75, 3.05) is 10.6 Å². The maximum atomic E-state index is 13.2. The number of halogens is 1. The van der Waals surface area contributed by atoms with Crippen molar-refractivity contribution in [3.05, 3.63) is 94.8 Å². The highest BCUT2D eigenvalue weighted by Crippen LogP contribution is 2.16. The smallest absolute Gasteiger partial charge is 0.255 e. The Morgan fingerprint density at radius 1 is 0.704 bits per heavy atom. The van der Waals surface area contributed by atoms with Crippen LogP contribution in [0.2, 0.25) is 0 Å². The van der Waals surface area contributed by atoms with Crippen molar-refractivity contribution in [1.29, 1.82) is 0 Å². The molecule has 0 saturated carbocycles. The Hall–Kier alpha value is -3.47. The van der Waals surface area contributed by atoms with Crippen molar-refractivity contribution in [3.63, 3.8) is 0 Å². The highest BCUT2D eigenvalue weighted by molar-refractivity contribution is 6.07. The summed E-state index contributed by atoms with van der Waals surface area (Å²) in [7, 11) is 0. The Labute approximate surface area is 157 Å². The van der Waals surface area contributed by atoms with Gasteiger partial charge in [0.15, 0.2) is 0 Å². The minimum absolute atomic E-state index is 0.254. The monoisotopic (exact) mass is 362 g/mol. The Bertz CT molecular complexity index is 997. The Morgan fingerprint density at radius 2 is 1.26 bits per heavy atom. The molecular weight excluding hydrogens is 343 g/mol. The van der Waals surface area contributed by atoms with E-state index in [1.54, 1.807) is 30.3 Å². The zero-order valence-electron chi connectivity index (χ0n) is 15.0. The van der Waals surface area contributed by atoms with Crippen LogP contribution in [0.1, 0.15) is 31.8 Å². The second-order valence-electron chi connectivity index (χ2n) is 6.29. The fourth-order valence-electron chi connectivity index (χ4n) is 2.56. The third-order valence-corrected chi connectivity index (χ3v) is 4.26. The molecule has 27 heavy (non-hydrogen) atoms. The van der Waals surface area contributed by atoms with Gasteiger partial charge in [0.1, 0.15) is 5.82 Å². The molecule has 5 heteroatoms. The second-order valence-corrected chi connectivity index (χ2v) is 6.29. The summed E-state index contributed by atoms with van der Waals surface area (Å²) in [6.45, 7) is 3.99. The van der Waals surface area contributed by atoms with E-state index < -0.39 is 5.82 Å². The van der Waals surface area contributed by atoms with Gasteiger partial charge in [-0.3, -0.25) is 9.59 Å². The summed E-state index contributed by atoms with van der Waals surface area (Å²) >= 11 is 0. The standard InChI is InChI=1S/C22H19FN2O2/c1-14-6-11-20(12-15(14)2)25-22(27)17-9-7-16(8-10-17)21(26)24-19-5-3-4-18(23)13-19/h3-13H,1-2H3,(H,24,26)(H,25,27). The van der Waals surface area contributed by atoms with E-state index in [1.807, 2.05) is 32.0 Å². The Kier molecular flexibility index (Phi) is 5.31. The zero-order chi connectivity index (χ0) is 19.4. The van der Waals surface area contributed by atoms with Crippen molar-refractivity contribution in [2.24, 2.45) is 0 Å². The van der Waals surface area contributed by atoms with Gasteiger partial charge in [-0.15, -0.1) is 0 Å². The highest BCUT2D eigenvalue weighted by Gasteiger charge is 2.10. The molecule has 0 unspecified atom stereocenters. The van der Waals surface area contributed by atoms with E-state index in [9.17, 15) is 14.0 Å². The van der Waals surface area contributed by atoms with Crippen LogP contribution in [0.25, 0.3) is 0 Å². The zero-order valence-corrected chi connectivity index (χ0v) is 15.0. The van der Waals surface area contributed by atoms with Gasteiger partial charge in [0, 0.05) is 22.5 Å². The van der Waals surface area contributed by atoms with Gasteiger partial charge in [-0.1, -0.05) is 12.1 Å². The van der Waals surface area contributed by atoms with E-state index in [2.05, 4.69) is 10.6 Å². The molecule has 2 amide bonds. The topological polar surface area (TPSA) is 58.2 Å². The van der Waals surface area contributed by atoms with Gasteiger partial charge in [-0.25, -0.2) is 4.39 Å². The molecule has 2 N–H and O–H groups in total. The second kappa shape index (κ2) is 7.83. The quantitative estimate of drug-likeness (QED) is 0.690. The lowest BCUT2D eigenvalue weighted by molar-refractivity contribution is 0.101. The molecule has 3 aromatic carbocycles. The summed E-state index contributed by atoms with van der Waals surface area (Å²) in [5.41, 5.74) is 4.16. The van der Waals surface area contributed by atoms with E-state index in [0.717, 1.165) is 16.8 Å². The average molecular weight is 362 g/mol. The van der Waals surface area contributed by atoms with Crippen LogP contribution >= 0.6 is 0 Å².